The first kappa shape index (κ1) is 13.1. The molecule has 18 heavy (non-hydrogen) atoms. The number of carbonyl (C=O) groups excluding carboxylic acids is 1. The lowest BCUT2D eigenvalue weighted by atomic mass is 10.0. The lowest BCUT2D eigenvalue weighted by Crippen LogP contribution is -2.35. The van der Waals surface area contributed by atoms with Crippen LogP contribution in [0.25, 0.3) is 0 Å². The summed E-state index contributed by atoms with van der Waals surface area (Å²) in [4.78, 5) is 12.3. The maximum atomic E-state index is 11.8. The molecule has 1 saturated carbocycles. The zero-order chi connectivity index (χ0) is 13.0. The van der Waals surface area contributed by atoms with Crippen LogP contribution in [0.4, 0.5) is 0 Å². The monoisotopic (exact) mass is 264 g/mol. The molecule has 1 unspecified atom stereocenters. The summed E-state index contributed by atoms with van der Waals surface area (Å²) in [6.45, 7) is 0.270. The van der Waals surface area contributed by atoms with Gasteiger partial charge in [-0.3, -0.25) is 4.79 Å². The van der Waals surface area contributed by atoms with Crippen LogP contribution >= 0.6 is 11.3 Å². The van der Waals surface area contributed by atoms with Gasteiger partial charge in [-0.15, -0.1) is 11.3 Å². The topological polar surface area (TPSA) is 73.1 Å². The van der Waals surface area contributed by atoms with Gasteiger partial charge in [-0.25, -0.2) is 0 Å². The highest BCUT2D eigenvalue weighted by Gasteiger charge is 2.24. The Morgan fingerprint density at radius 1 is 1.61 bits per heavy atom. The Hall–Kier alpha value is -1.38. The quantitative estimate of drug-likeness (QED) is 0.872. The molecule has 1 aromatic heterocycles. The molecule has 2 rings (SSSR count). The fourth-order valence-corrected chi connectivity index (χ4v) is 3.12. The molecular weight excluding hydrogens is 248 g/mol. The molecule has 96 valence electrons. The Bertz CT molecular complexity index is 458. The number of rotatable bonds is 4. The van der Waals surface area contributed by atoms with Crippen LogP contribution in [0.1, 0.15) is 40.9 Å². The summed E-state index contributed by atoms with van der Waals surface area (Å²) in [5, 5.41) is 23.2. The number of thiophene rings is 1. The number of hydrogen-bond acceptors (Lipinski definition) is 4. The molecule has 1 aliphatic carbocycles. The molecule has 0 aromatic carbocycles. The van der Waals surface area contributed by atoms with E-state index in [1.807, 2.05) is 6.07 Å². The highest BCUT2D eigenvalue weighted by molar-refractivity contribution is 7.12. The Kier molecular flexibility index (Phi) is 4.34. The average molecular weight is 264 g/mol. The van der Waals surface area contributed by atoms with E-state index in [2.05, 4.69) is 5.32 Å². The third-order valence-corrected chi connectivity index (χ3v) is 4.32. The zero-order valence-electron chi connectivity index (χ0n) is 10.1. The van der Waals surface area contributed by atoms with Crippen molar-refractivity contribution in [3.8, 4) is 6.07 Å². The minimum absolute atomic E-state index is 0.265. The van der Waals surface area contributed by atoms with Crippen LogP contribution in [0.15, 0.2) is 11.4 Å². The van der Waals surface area contributed by atoms with Crippen LogP contribution in [-0.4, -0.2) is 23.7 Å². The number of nitrogens with zero attached hydrogens (tertiary/aromatic N) is 1. The fourth-order valence-electron chi connectivity index (χ4n) is 2.36. The van der Waals surface area contributed by atoms with E-state index >= 15 is 0 Å². The van der Waals surface area contributed by atoms with E-state index in [9.17, 15) is 9.90 Å². The van der Waals surface area contributed by atoms with Gasteiger partial charge in [0.05, 0.1) is 11.7 Å². The molecule has 0 radical (unpaired) electrons. The maximum absolute atomic E-state index is 11.8. The van der Waals surface area contributed by atoms with Crippen LogP contribution in [0, 0.1) is 17.2 Å². The lowest BCUT2D eigenvalue weighted by molar-refractivity contribution is 0.0843. The fraction of sp³-hybridized carbons (Fsp3) is 0.538. The third kappa shape index (κ3) is 2.89. The van der Waals surface area contributed by atoms with Crippen LogP contribution in [-0.2, 0) is 0 Å². The summed E-state index contributed by atoms with van der Waals surface area (Å²) < 4.78 is 0. The van der Waals surface area contributed by atoms with Gasteiger partial charge in [0.15, 0.2) is 0 Å². The predicted molar refractivity (Wildman–Crippen MR) is 69.3 cm³/mol. The van der Waals surface area contributed by atoms with Gasteiger partial charge < -0.3 is 10.4 Å². The van der Waals surface area contributed by atoms with Gasteiger partial charge in [0.25, 0.3) is 5.91 Å². The summed E-state index contributed by atoms with van der Waals surface area (Å²) in [5.74, 6) is 0.0441. The second-order valence-electron chi connectivity index (χ2n) is 4.60. The largest absolute Gasteiger partial charge is 0.391 e. The summed E-state index contributed by atoms with van der Waals surface area (Å²) in [6.07, 6.45) is 3.94. The van der Waals surface area contributed by atoms with Crippen molar-refractivity contribution in [2.75, 3.05) is 6.54 Å². The standard InChI is InChI=1S/C13H16N2O2S/c14-7-10-5-6-18-12(10)13(17)15-8-11(16)9-3-1-2-4-9/h5-6,9,11,16H,1-4,8H2,(H,15,17). The molecule has 1 fully saturated rings. The molecule has 4 nitrogen and oxygen atoms in total. The minimum Gasteiger partial charge on any atom is -0.391 e. The van der Waals surface area contributed by atoms with E-state index in [0.29, 0.717) is 16.4 Å². The van der Waals surface area contributed by atoms with Gasteiger partial charge in [-0.1, -0.05) is 12.8 Å². The number of aliphatic hydroxyl groups excluding tert-OH is 1. The smallest absolute Gasteiger partial charge is 0.262 e. The van der Waals surface area contributed by atoms with Crippen molar-refractivity contribution in [2.24, 2.45) is 5.92 Å². The molecule has 2 N–H and O–H groups in total. The number of nitriles is 1. The van der Waals surface area contributed by atoms with Gasteiger partial charge in [-0.05, 0) is 30.2 Å². The third-order valence-electron chi connectivity index (χ3n) is 3.41. The van der Waals surface area contributed by atoms with Gasteiger partial charge >= 0.3 is 0 Å². The molecule has 1 aliphatic rings. The minimum atomic E-state index is -0.470. The molecule has 0 saturated heterocycles. The highest BCUT2D eigenvalue weighted by Crippen LogP contribution is 2.27. The maximum Gasteiger partial charge on any atom is 0.262 e. The van der Waals surface area contributed by atoms with Crippen molar-refractivity contribution in [1.82, 2.24) is 5.32 Å². The van der Waals surface area contributed by atoms with E-state index in [0.717, 1.165) is 12.8 Å². The molecule has 0 bridgehead atoms. The molecule has 5 heteroatoms. The Labute approximate surface area is 110 Å². The van der Waals surface area contributed by atoms with E-state index in [1.54, 1.807) is 11.4 Å². The second-order valence-corrected chi connectivity index (χ2v) is 5.51. The molecule has 1 atom stereocenters. The van der Waals surface area contributed by atoms with E-state index < -0.39 is 6.10 Å². The lowest BCUT2D eigenvalue weighted by Gasteiger charge is -2.17. The van der Waals surface area contributed by atoms with E-state index in [4.69, 9.17) is 5.26 Å². The summed E-state index contributed by atoms with van der Waals surface area (Å²) in [7, 11) is 0. The highest BCUT2D eigenvalue weighted by atomic mass is 32.1. The molecule has 1 aromatic rings. The van der Waals surface area contributed by atoms with Crippen LogP contribution in [0.3, 0.4) is 0 Å². The molecule has 0 spiro atoms. The summed E-state index contributed by atoms with van der Waals surface area (Å²) >= 11 is 1.25. The SMILES string of the molecule is N#Cc1ccsc1C(=O)NCC(O)C1CCCC1. The normalized spacial score (nSPS) is 17.3. The zero-order valence-corrected chi connectivity index (χ0v) is 10.9. The van der Waals surface area contributed by atoms with E-state index in [-0.39, 0.29) is 12.5 Å². The van der Waals surface area contributed by atoms with Gasteiger partial charge in [-0.2, -0.15) is 5.26 Å². The molecule has 1 heterocycles. The van der Waals surface area contributed by atoms with E-state index in [1.165, 1.54) is 24.2 Å². The van der Waals surface area contributed by atoms with Gasteiger partial charge in [0.2, 0.25) is 0 Å². The van der Waals surface area contributed by atoms with Crippen molar-refractivity contribution < 1.29 is 9.90 Å². The number of amides is 1. The first-order valence-electron chi connectivity index (χ1n) is 6.16. The van der Waals surface area contributed by atoms with Crippen molar-refractivity contribution in [3.05, 3.63) is 21.9 Å². The van der Waals surface area contributed by atoms with Gasteiger partial charge in [0, 0.05) is 6.54 Å². The molecule has 0 aliphatic heterocycles. The van der Waals surface area contributed by atoms with Gasteiger partial charge in [0.1, 0.15) is 10.9 Å². The van der Waals surface area contributed by atoms with Crippen molar-refractivity contribution in [3.63, 3.8) is 0 Å². The second kappa shape index (κ2) is 5.98. The first-order valence-corrected chi connectivity index (χ1v) is 7.04. The number of hydrogen-bond donors (Lipinski definition) is 2. The van der Waals surface area contributed by atoms with Crippen LogP contribution in [0.5, 0.6) is 0 Å². The number of carbonyl (C=O) groups is 1. The van der Waals surface area contributed by atoms with Crippen molar-refractivity contribution in [2.45, 2.75) is 31.8 Å². The van der Waals surface area contributed by atoms with Crippen LogP contribution < -0.4 is 5.32 Å². The molecule has 1 amide bonds. The van der Waals surface area contributed by atoms with Crippen LogP contribution in [0.2, 0.25) is 0 Å². The Morgan fingerprint density at radius 2 is 2.33 bits per heavy atom. The summed E-state index contributed by atoms with van der Waals surface area (Å²) in [6, 6.07) is 3.62. The Morgan fingerprint density at radius 3 is 3.00 bits per heavy atom. The average Bonchev–Trinajstić information content (AvgIpc) is 3.04. The first-order chi connectivity index (χ1) is 8.72. The molecular formula is C13H16N2O2S. The predicted octanol–water partition coefficient (Wildman–Crippen LogP) is 1.90. The van der Waals surface area contributed by atoms with Crippen molar-refractivity contribution in [1.29, 1.82) is 5.26 Å². The number of nitrogens with one attached hydrogen (secondary N) is 1. The van der Waals surface area contributed by atoms with Crippen molar-refractivity contribution >= 4 is 17.2 Å². The summed E-state index contributed by atoms with van der Waals surface area (Å²) in [5.41, 5.74) is 0.396. The Balaban J connectivity index is 1.86. The number of aliphatic hydroxyl groups is 1.